The minimum absolute atomic E-state index is 0.154. The monoisotopic (exact) mass is 321 g/mol. The molecular formula is C22H27NO. The van der Waals surface area contributed by atoms with Crippen LogP contribution >= 0.6 is 0 Å². The van der Waals surface area contributed by atoms with Crippen molar-refractivity contribution in [3.8, 4) is 5.75 Å². The number of benzene rings is 2. The van der Waals surface area contributed by atoms with Gasteiger partial charge in [0.1, 0.15) is 11.9 Å². The molecule has 24 heavy (non-hydrogen) atoms. The minimum Gasteiger partial charge on any atom is -0.484 e. The van der Waals surface area contributed by atoms with Gasteiger partial charge in [0, 0.05) is 0 Å². The molecule has 1 saturated heterocycles. The van der Waals surface area contributed by atoms with Crippen molar-refractivity contribution in [2.75, 3.05) is 13.1 Å². The van der Waals surface area contributed by atoms with Crippen molar-refractivity contribution in [3.63, 3.8) is 0 Å². The molecular weight excluding hydrogens is 294 g/mol. The molecule has 0 amide bonds. The molecule has 1 heterocycles. The summed E-state index contributed by atoms with van der Waals surface area (Å²) in [4.78, 5) is 2.69. The fourth-order valence-corrected chi connectivity index (χ4v) is 4.26. The van der Waals surface area contributed by atoms with Crippen molar-refractivity contribution in [1.82, 2.24) is 4.90 Å². The highest BCUT2D eigenvalue weighted by Gasteiger charge is 2.37. The number of hydrogen-bond donors (Lipinski definition) is 0. The van der Waals surface area contributed by atoms with Gasteiger partial charge in [-0.2, -0.15) is 0 Å². The Bertz CT molecular complexity index is 688. The van der Waals surface area contributed by atoms with Crippen molar-refractivity contribution in [3.05, 3.63) is 65.2 Å². The Morgan fingerprint density at radius 1 is 0.917 bits per heavy atom. The molecule has 0 N–H and O–H groups in total. The summed E-state index contributed by atoms with van der Waals surface area (Å²) in [7, 11) is 0. The van der Waals surface area contributed by atoms with Gasteiger partial charge in [-0.3, -0.25) is 4.90 Å². The molecule has 126 valence electrons. The maximum Gasteiger partial charge on any atom is 0.140 e. The summed E-state index contributed by atoms with van der Waals surface area (Å²) in [6, 6.07) is 17.8. The smallest absolute Gasteiger partial charge is 0.140 e. The van der Waals surface area contributed by atoms with Crippen LogP contribution in [0.25, 0.3) is 0 Å². The van der Waals surface area contributed by atoms with Crippen LogP contribution in [0.2, 0.25) is 0 Å². The lowest BCUT2D eigenvalue weighted by Crippen LogP contribution is -2.40. The average molecular weight is 321 g/mol. The number of likely N-dealkylation sites (tertiary alicyclic amines) is 1. The molecule has 2 atom stereocenters. The summed E-state index contributed by atoms with van der Waals surface area (Å²) in [6.07, 6.45) is 6.67. The van der Waals surface area contributed by atoms with Gasteiger partial charge in [-0.15, -0.1) is 0 Å². The Morgan fingerprint density at radius 3 is 2.50 bits per heavy atom. The van der Waals surface area contributed by atoms with Crippen LogP contribution in [0.4, 0.5) is 0 Å². The molecule has 0 radical (unpaired) electrons. The first-order valence-electron chi connectivity index (χ1n) is 9.36. The van der Waals surface area contributed by atoms with Crippen molar-refractivity contribution in [2.24, 2.45) is 0 Å². The van der Waals surface area contributed by atoms with E-state index in [0.29, 0.717) is 6.04 Å². The lowest BCUT2D eigenvalue weighted by Gasteiger charge is -2.32. The summed E-state index contributed by atoms with van der Waals surface area (Å²) < 4.78 is 6.55. The SMILES string of the molecule is Cc1cccc(O[C@H]2c3ccccc3CC2N2CCCCCC2)c1. The van der Waals surface area contributed by atoms with E-state index in [1.54, 1.807) is 0 Å². The zero-order chi connectivity index (χ0) is 16.4. The molecule has 1 aliphatic heterocycles. The van der Waals surface area contributed by atoms with E-state index in [4.69, 9.17) is 4.74 Å². The van der Waals surface area contributed by atoms with Crippen LogP contribution in [0.15, 0.2) is 48.5 Å². The highest BCUT2D eigenvalue weighted by Crippen LogP contribution is 2.38. The standard InChI is InChI=1S/C22H27NO/c1-17-9-8-11-19(15-17)24-22-20-12-5-4-10-18(20)16-21(22)23-13-6-2-3-7-14-23/h4-5,8-12,15,21-22H,2-3,6-7,13-14,16H2,1H3/t21?,22-/m0/s1. The van der Waals surface area contributed by atoms with E-state index in [0.717, 1.165) is 12.2 Å². The second-order valence-corrected chi connectivity index (χ2v) is 7.28. The fraction of sp³-hybridized carbons (Fsp3) is 0.455. The van der Waals surface area contributed by atoms with Crippen molar-refractivity contribution in [1.29, 1.82) is 0 Å². The second kappa shape index (κ2) is 6.98. The molecule has 0 aromatic heterocycles. The molecule has 2 heteroatoms. The van der Waals surface area contributed by atoms with Gasteiger partial charge in [0.15, 0.2) is 0 Å². The quantitative estimate of drug-likeness (QED) is 0.796. The van der Waals surface area contributed by atoms with E-state index in [1.807, 2.05) is 0 Å². The third-order valence-electron chi connectivity index (χ3n) is 5.50. The van der Waals surface area contributed by atoms with Crippen molar-refractivity contribution >= 4 is 0 Å². The minimum atomic E-state index is 0.154. The molecule has 0 spiro atoms. The first-order valence-corrected chi connectivity index (χ1v) is 9.36. The maximum absolute atomic E-state index is 6.55. The number of nitrogens with zero attached hydrogens (tertiary/aromatic N) is 1. The largest absolute Gasteiger partial charge is 0.484 e. The van der Waals surface area contributed by atoms with Gasteiger partial charge in [-0.25, -0.2) is 0 Å². The molecule has 4 rings (SSSR count). The van der Waals surface area contributed by atoms with E-state index in [2.05, 4.69) is 60.4 Å². The highest BCUT2D eigenvalue weighted by atomic mass is 16.5. The molecule has 2 aromatic rings. The second-order valence-electron chi connectivity index (χ2n) is 7.28. The summed E-state index contributed by atoms with van der Waals surface area (Å²) in [5.74, 6) is 0.997. The fourth-order valence-electron chi connectivity index (χ4n) is 4.26. The average Bonchev–Trinajstić information content (AvgIpc) is 2.77. The lowest BCUT2D eigenvalue weighted by atomic mass is 10.1. The Labute approximate surface area is 145 Å². The van der Waals surface area contributed by atoms with Crippen LogP contribution in [0.5, 0.6) is 5.75 Å². The number of hydrogen-bond acceptors (Lipinski definition) is 2. The molecule has 2 nitrogen and oxygen atoms in total. The predicted molar refractivity (Wildman–Crippen MR) is 98.5 cm³/mol. The van der Waals surface area contributed by atoms with Crippen LogP contribution in [0.3, 0.4) is 0 Å². The van der Waals surface area contributed by atoms with E-state index in [-0.39, 0.29) is 6.10 Å². The van der Waals surface area contributed by atoms with Crippen LogP contribution in [-0.2, 0) is 6.42 Å². The van der Waals surface area contributed by atoms with Gasteiger partial charge >= 0.3 is 0 Å². The first kappa shape index (κ1) is 15.7. The third-order valence-corrected chi connectivity index (χ3v) is 5.50. The summed E-state index contributed by atoms with van der Waals surface area (Å²) >= 11 is 0. The van der Waals surface area contributed by atoms with Gasteiger partial charge < -0.3 is 4.74 Å². The van der Waals surface area contributed by atoms with E-state index < -0.39 is 0 Å². The number of ether oxygens (including phenoxy) is 1. The molecule has 0 bridgehead atoms. The Morgan fingerprint density at radius 2 is 1.71 bits per heavy atom. The third kappa shape index (κ3) is 3.21. The Hall–Kier alpha value is -1.80. The molecule has 1 unspecified atom stereocenters. The number of rotatable bonds is 3. The summed E-state index contributed by atoms with van der Waals surface area (Å²) in [6.45, 7) is 4.56. The van der Waals surface area contributed by atoms with E-state index in [1.165, 1.54) is 55.5 Å². The lowest BCUT2D eigenvalue weighted by molar-refractivity contribution is 0.0800. The highest BCUT2D eigenvalue weighted by molar-refractivity contribution is 5.38. The molecule has 0 saturated carbocycles. The summed E-state index contributed by atoms with van der Waals surface area (Å²) in [5, 5.41) is 0. The van der Waals surface area contributed by atoms with Crippen LogP contribution < -0.4 is 4.74 Å². The maximum atomic E-state index is 6.55. The van der Waals surface area contributed by atoms with Gasteiger partial charge in [0.2, 0.25) is 0 Å². The van der Waals surface area contributed by atoms with Gasteiger partial charge in [0.05, 0.1) is 6.04 Å². The van der Waals surface area contributed by atoms with Crippen molar-refractivity contribution < 1.29 is 4.74 Å². The Kier molecular flexibility index (Phi) is 4.57. The molecule has 1 aliphatic carbocycles. The number of fused-ring (bicyclic) bond motifs is 1. The summed E-state index contributed by atoms with van der Waals surface area (Å²) in [5.41, 5.74) is 4.10. The van der Waals surface area contributed by atoms with Gasteiger partial charge in [-0.05, 0) is 68.1 Å². The topological polar surface area (TPSA) is 12.5 Å². The first-order chi connectivity index (χ1) is 11.8. The Balaban J connectivity index is 1.63. The zero-order valence-corrected chi connectivity index (χ0v) is 14.6. The van der Waals surface area contributed by atoms with Gasteiger partial charge in [0.25, 0.3) is 0 Å². The van der Waals surface area contributed by atoms with Crippen LogP contribution in [0, 0.1) is 6.92 Å². The molecule has 1 fully saturated rings. The van der Waals surface area contributed by atoms with Gasteiger partial charge in [-0.1, -0.05) is 49.2 Å². The van der Waals surface area contributed by atoms with Crippen LogP contribution in [-0.4, -0.2) is 24.0 Å². The normalized spacial score (nSPS) is 24.4. The van der Waals surface area contributed by atoms with Crippen LogP contribution in [0.1, 0.15) is 48.5 Å². The van der Waals surface area contributed by atoms with Crippen molar-refractivity contribution in [2.45, 2.75) is 51.2 Å². The van der Waals surface area contributed by atoms with E-state index in [9.17, 15) is 0 Å². The predicted octanol–water partition coefficient (Wildman–Crippen LogP) is 4.92. The molecule has 2 aliphatic rings. The number of aryl methyl sites for hydroxylation is 1. The zero-order valence-electron chi connectivity index (χ0n) is 14.6. The van der Waals surface area contributed by atoms with E-state index >= 15 is 0 Å². The molecule has 2 aromatic carbocycles.